The molecule has 0 spiro atoms. The number of hydrogen-bond donors (Lipinski definition) is 1. The molecule has 4 rings (SSSR count). The summed E-state index contributed by atoms with van der Waals surface area (Å²) >= 11 is 1.55. The molecule has 0 saturated carbocycles. The highest BCUT2D eigenvalue weighted by Crippen LogP contribution is 2.29. The van der Waals surface area contributed by atoms with Crippen LogP contribution in [-0.4, -0.2) is 53.1 Å². The summed E-state index contributed by atoms with van der Waals surface area (Å²) in [6, 6.07) is 6.43. The van der Waals surface area contributed by atoms with E-state index in [9.17, 15) is 14.0 Å². The molecule has 0 radical (unpaired) electrons. The maximum absolute atomic E-state index is 13.1. The van der Waals surface area contributed by atoms with Gasteiger partial charge in [-0.3, -0.25) is 9.59 Å². The number of rotatable bonds is 5. The van der Waals surface area contributed by atoms with Gasteiger partial charge in [-0.25, -0.2) is 4.39 Å². The number of carbonyl (C=O) groups excluding carboxylic acids is 2. The van der Waals surface area contributed by atoms with E-state index in [1.807, 2.05) is 4.90 Å². The quantitative estimate of drug-likeness (QED) is 0.784. The normalized spacial score (nSPS) is 18.6. The monoisotopic (exact) mass is 431 g/mol. The zero-order valence-electron chi connectivity index (χ0n) is 16.8. The molecule has 2 aliphatic rings. The first-order valence-electron chi connectivity index (χ1n) is 10.4. The van der Waals surface area contributed by atoms with Crippen molar-refractivity contribution in [2.75, 3.05) is 31.1 Å². The number of carbonyl (C=O) groups is 2. The smallest absolute Gasteiger partial charge is 0.225 e. The van der Waals surface area contributed by atoms with Crippen molar-refractivity contribution in [2.45, 2.75) is 32.1 Å². The van der Waals surface area contributed by atoms with Crippen LogP contribution in [0.1, 0.15) is 36.3 Å². The SMILES string of the molecule is NC(=O)C1CCN(C(=O)C2CCN(c3nnc(Cc4ccc(F)cc4)s3)CC2)CC1. The number of halogens is 1. The Morgan fingerprint density at radius 1 is 1.00 bits per heavy atom. The molecule has 2 N–H and O–H groups in total. The van der Waals surface area contributed by atoms with Gasteiger partial charge in [0.15, 0.2) is 0 Å². The van der Waals surface area contributed by atoms with Gasteiger partial charge in [-0.1, -0.05) is 23.5 Å². The summed E-state index contributed by atoms with van der Waals surface area (Å²) < 4.78 is 13.1. The van der Waals surface area contributed by atoms with Gasteiger partial charge in [-0.15, -0.1) is 10.2 Å². The van der Waals surface area contributed by atoms with E-state index in [4.69, 9.17) is 5.73 Å². The van der Waals surface area contributed by atoms with Crippen molar-refractivity contribution in [1.82, 2.24) is 15.1 Å². The van der Waals surface area contributed by atoms with Crippen molar-refractivity contribution < 1.29 is 14.0 Å². The van der Waals surface area contributed by atoms with Crippen LogP contribution in [0.3, 0.4) is 0 Å². The third kappa shape index (κ3) is 4.77. The molecule has 2 aromatic rings. The number of anilines is 1. The lowest BCUT2D eigenvalue weighted by molar-refractivity contribution is -0.139. The molecule has 0 aliphatic carbocycles. The topological polar surface area (TPSA) is 92.4 Å². The maximum atomic E-state index is 13.1. The lowest BCUT2D eigenvalue weighted by atomic mass is 9.92. The lowest BCUT2D eigenvalue weighted by Gasteiger charge is -2.36. The zero-order chi connectivity index (χ0) is 21.1. The number of nitrogens with two attached hydrogens (primary N) is 1. The minimum absolute atomic E-state index is 0.0259. The van der Waals surface area contributed by atoms with E-state index in [1.54, 1.807) is 23.5 Å². The Bertz CT molecular complexity index is 887. The van der Waals surface area contributed by atoms with Gasteiger partial charge in [0.2, 0.25) is 16.9 Å². The van der Waals surface area contributed by atoms with E-state index >= 15 is 0 Å². The van der Waals surface area contributed by atoms with Crippen molar-refractivity contribution in [3.63, 3.8) is 0 Å². The van der Waals surface area contributed by atoms with Crippen molar-refractivity contribution in [3.05, 3.63) is 40.7 Å². The number of amides is 2. The van der Waals surface area contributed by atoms with E-state index in [2.05, 4.69) is 15.1 Å². The molecule has 9 heteroatoms. The maximum Gasteiger partial charge on any atom is 0.225 e. The first kappa shape index (κ1) is 20.7. The highest BCUT2D eigenvalue weighted by molar-refractivity contribution is 7.15. The van der Waals surface area contributed by atoms with Crippen LogP contribution in [0.15, 0.2) is 24.3 Å². The van der Waals surface area contributed by atoms with Crippen molar-refractivity contribution in [2.24, 2.45) is 17.6 Å². The van der Waals surface area contributed by atoms with E-state index in [-0.39, 0.29) is 29.5 Å². The van der Waals surface area contributed by atoms with Crippen LogP contribution < -0.4 is 10.6 Å². The zero-order valence-corrected chi connectivity index (χ0v) is 17.6. The summed E-state index contributed by atoms with van der Waals surface area (Å²) in [5.41, 5.74) is 6.38. The van der Waals surface area contributed by atoms with Gasteiger partial charge < -0.3 is 15.5 Å². The standard InChI is InChI=1S/C21H26FN5O2S/c22-17-3-1-14(2-4-17)13-18-24-25-21(30-18)27-11-7-16(8-12-27)20(29)26-9-5-15(6-10-26)19(23)28/h1-4,15-16H,5-13H2,(H2,23,28). The van der Waals surface area contributed by atoms with Crippen molar-refractivity contribution in [3.8, 4) is 0 Å². The molecule has 1 aromatic heterocycles. The first-order valence-corrected chi connectivity index (χ1v) is 11.2. The fraction of sp³-hybridized carbons (Fsp3) is 0.524. The second-order valence-corrected chi connectivity index (χ2v) is 9.09. The second-order valence-electron chi connectivity index (χ2n) is 8.04. The van der Waals surface area contributed by atoms with Crippen molar-refractivity contribution >= 4 is 28.3 Å². The molecule has 160 valence electrons. The van der Waals surface area contributed by atoms with Crippen molar-refractivity contribution in [1.29, 1.82) is 0 Å². The van der Waals surface area contributed by atoms with E-state index in [0.29, 0.717) is 32.4 Å². The first-order chi connectivity index (χ1) is 14.5. The number of hydrogen-bond acceptors (Lipinski definition) is 6. The molecule has 2 amide bonds. The lowest BCUT2D eigenvalue weighted by Crippen LogP contribution is -2.46. The Balaban J connectivity index is 1.27. The summed E-state index contributed by atoms with van der Waals surface area (Å²) in [6.07, 6.45) is 3.56. The largest absolute Gasteiger partial charge is 0.369 e. The Morgan fingerprint density at radius 3 is 2.27 bits per heavy atom. The summed E-state index contributed by atoms with van der Waals surface area (Å²) in [4.78, 5) is 28.2. The molecule has 0 unspecified atom stereocenters. The average molecular weight is 432 g/mol. The summed E-state index contributed by atoms with van der Waals surface area (Å²) in [5.74, 6) is -0.375. The minimum atomic E-state index is -0.258. The van der Waals surface area contributed by atoms with Crippen LogP contribution in [0.2, 0.25) is 0 Å². The molecule has 0 atom stereocenters. The third-order valence-electron chi connectivity index (χ3n) is 6.05. The Morgan fingerprint density at radius 2 is 1.63 bits per heavy atom. The predicted octanol–water partition coefficient (Wildman–Crippen LogP) is 2.21. The van der Waals surface area contributed by atoms with Gasteiger partial charge in [0, 0.05) is 44.4 Å². The molecule has 0 bridgehead atoms. The third-order valence-corrected chi connectivity index (χ3v) is 7.03. The van der Waals surface area contributed by atoms with Crippen LogP contribution in [0, 0.1) is 17.7 Å². The molecule has 1 aromatic carbocycles. The number of nitrogens with zero attached hydrogens (tertiary/aromatic N) is 4. The number of aromatic nitrogens is 2. The van der Waals surface area contributed by atoms with E-state index < -0.39 is 0 Å². The van der Waals surface area contributed by atoms with Gasteiger partial charge >= 0.3 is 0 Å². The van der Waals surface area contributed by atoms with Gasteiger partial charge in [0.05, 0.1) is 0 Å². The van der Waals surface area contributed by atoms with Crippen LogP contribution in [0.25, 0.3) is 0 Å². The molecular weight excluding hydrogens is 405 g/mol. The van der Waals surface area contributed by atoms with Crippen LogP contribution in [0.4, 0.5) is 9.52 Å². The van der Waals surface area contributed by atoms with E-state index in [0.717, 1.165) is 41.6 Å². The molecular formula is C21H26FN5O2S. The van der Waals surface area contributed by atoms with Gasteiger partial charge in [-0.05, 0) is 43.4 Å². The average Bonchev–Trinajstić information content (AvgIpc) is 3.23. The molecule has 2 saturated heterocycles. The Hall–Kier alpha value is -2.55. The number of likely N-dealkylation sites (tertiary alicyclic amines) is 1. The van der Waals surface area contributed by atoms with Gasteiger partial charge in [-0.2, -0.15) is 0 Å². The van der Waals surface area contributed by atoms with E-state index in [1.165, 1.54) is 12.1 Å². The van der Waals surface area contributed by atoms with Gasteiger partial charge in [0.1, 0.15) is 10.8 Å². The highest BCUT2D eigenvalue weighted by atomic mass is 32.1. The van der Waals surface area contributed by atoms with Gasteiger partial charge in [0.25, 0.3) is 0 Å². The number of piperidine rings is 2. The Kier molecular flexibility index (Phi) is 6.26. The summed E-state index contributed by atoms with van der Waals surface area (Å²) in [7, 11) is 0. The summed E-state index contributed by atoms with van der Waals surface area (Å²) in [6.45, 7) is 2.80. The molecule has 2 fully saturated rings. The fourth-order valence-electron chi connectivity index (χ4n) is 4.18. The number of benzene rings is 1. The molecule has 3 heterocycles. The molecule has 30 heavy (non-hydrogen) atoms. The Labute approximate surface area is 179 Å². The second kappa shape index (κ2) is 9.07. The minimum Gasteiger partial charge on any atom is -0.369 e. The highest BCUT2D eigenvalue weighted by Gasteiger charge is 2.32. The van der Waals surface area contributed by atoms with Crippen LogP contribution in [-0.2, 0) is 16.0 Å². The fourth-order valence-corrected chi connectivity index (χ4v) is 5.11. The number of primary amides is 1. The van der Waals surface area contributed by atoms with Crippen LogP contribution >= 0.6 is 11.3 Å². The molecule has 2 aliphatic heterocycles. The van der Waals surface area contributed by atoms with Crippen LogP contribution in [0.5, 0.6) is 0 Å². The molecule has 7 nitrogen and oxygen atoms in total. The predicted molar refractivity (Wildman–Crippen MR) is 113 cm³/mol. The summed E-state index contributed by atoms with van der Waals surface area (Å²) in [5, 5.41) is 10.4.